The number of thioether (sulfide) groups is 1. The summed E-state index contributed by atoms with van der Waals surface area (Å²) in [6, 6.07) is 16.4. The van der Waals surface area contributed by atoms with Gasteiger partial charge in [-0.2, -0.15) is 0 Å². The van der Waals surface area contributed by atoms with E-state index in [9.17, 15) is 14.4 Å². The smallest absolute Gasteiger partial charge is 0.325 e. The molecule has 150 valence electrons. The van der Waals surface area contributed by atoms with E-state index in [2.05, 4.69) is 15.0 Å². The van der Waals surface area contributed by atoms with Gasteiger partial charge in [0.1, 0.15) is 6.54 Å². The Balaban J connectivity index is 1.79. The molecule has 1 heterocycles. The molecule has 0 spiro atoms. The Kier molecular flexibility index (Phi) is 6.66. The van der Waals surface area contributed by atoms with Crippen LogP contribution in [0.4, 0.5) is 0 Å². The third kappa shape index (κ3) is 5.03. The second-order valence-corrected chi connectivity index (χ2v) is 7.31. The lowest BCUT2D eigenvalue weighted by Gasteiger charge is -2.15. The Morgan fingerprint density at radius 3 is 2.55 bits per heavy atom. The molecule has 0 bridgehead atoms. The van der Waals surface area contributed by atoms with Crippen molar-refractivity contribution < 1.29 is 14.3 Å². The van der Waals surface area contributed by atoms with Crippen molar-refractivity contribution in [2.45, 2.75) is 24.7 Å². The molecule has 1 aromatic heterocycles. The fourth-order valence-corrected chi connectivity index (χ4v) is 3.64. The van der Waals surface area contributed by atoms with Crippen LogP contribution in [0.1, 0.15) is 18.5 Å². The van der Waals surface area contributed by atoms with Gasteiger partial charge in [0.25, 0.3) is 5.56 Å². The molecule has 0 saturated heterocycles. The van der Waals surface area contributed by atoms with Crippen LogP contribution < -0.4 is 10.9 Å². The number of fused-ring (bicyclic) bond motifs is 1. The number of methoxy groups -OCH3 is 1. The van der Waals surface area contributed by atoms with Gasteiger partial charge in [-0.1, -0.05) is 54.2 Å². The van der Waals surface area contributed by atoms with Crippen LogP contribution in [0.2, 0.25) is 0 Å². The van der Waals surface area contributed by atoms with E-state index in [1.54, 1.807) is 24.3 Å². The molecule has 0 aliphatic heterocycles. The average molecular weight is 411 g/mol. The van der Waals surface area contributed by atoms with Crippen molar-refractivity contribution in [1.29, 1.82) is 0 Å². The molecule has 7 nitrogen and oxygen atoms in total. The first kappa shape index (κ1) is 20.6. The number of nitrogens with one attached hydrogen (secondary N) is 1. The summed E-state index contributed by atoms with van der Waals surface area (Å²) < 4.78 is 5.93. The minimum Gasteiger partial charge on any atom is -0.468 e. The van der Waals surface area contributed by atoms with Crippen molar-refractivity contribution in [2.75, 3.05) is 12.9 Å². The standard InChI is InChI=1S/C21H21N3O4S/c1-14(15-8-4-3-5-9-15)22-18(25)13-29-21-23-17-11-7-6-10-16(17)20(27)24(21)12-19(26)28-2/h3-11,14H,12-13H2,1-2H3,(H,22,25)/t14-/m0/s1. The molecule has 0 aliphatic carbocycles. The molecule has 0 fully saturated rings. The molecule has 1 atom stereocenters. The Labute approximate surface area is 172 Å². The molecule has 1 amide bonds. The van der Waals surface area contributed by atoms with Crippen molar-refractivity contribution in [2.24, 2.45) is 0 Å². The van der Waals surface area contributed by atoms with Gasteiger partial charge in [-0.15, -0.1) is 0 Å². The van der Waals surface area contributed by atoms with Crippen LogP contribution in [0.5, 0.6) is 0 Å². The first-order chi connectivity index (χ1) is 14.0. The Morgan fingerprint density at radius 1 is 1.14 bits per heavy atom. The van der Waals surface area contributed by atoms with E-state index in [1.807, 2.05) is 37.3 Å². The second kappa shape index (κ2) is 9.38. The largest absolute Gasteiger partial charge is 0.468 e. The van der Waals surface area contributed by atoms with Crippen molar-refractivity contribution in [3.05, 3.63) is 70.5 Å². The van der Waals surface area contributed by atoms with Crippen molar-refractivity contribution >= 4 is 34.5 Å². The molecule has 29 heavy (non-hydrogen) atoms. The summed E-state index contributed by atoms with van der Waals surface area (Å²) in [7, 11) is 1.26. The highest BCUT2D eigenvalue weighted by molar-refractivity contribution is 7.99. The Bertz CT molecular complexity index is 1080. The summed E-state index contributed by atoms with van der Waals surface area (Å²) in [6.45, 7) is 1.64. The highest BCUT2D eigenvalue weighted by atomic mass is 32.2. The van der Waals surface area contributed by atoms with Crippen LogP contribution in [-0.4, -0.2) is 34.3 Å². The van der Waals surface area contributed by atoms with Gasteiger partial charge in [-0.05, 0) is 24.6 Å². The fraction of sp³-hybridized carbons (Fsp3) is 0.238. The van der Waals surface area contributed by atoms with Gasteiger partial charge in [0.2, 0.25) is 5.91 Å². The number of benzene rings is 2. The fourth-order valence-electron chi connectivity index (χ4n) is 2.83. The molecule has 1 N–H and O–H groups in total. The minimum atomic E-state index is -0.562. The number of hydrogen-bond donors (Lipinski definition) is 1. The van der Waals surface area contributed by atoms with Crippen molar-refractivity contribution in [3.63, 3.8) is 0 Å². The normalized spacial score (nSPS) is 11.8. The molecular weight excluding hydrogens is 390 g/mol. The number of carbonyl (C=O) groups is 2. The van der Waals surface area contributed by atoms with Crippen LogP contribution in [0.3, 0.4) is 0 Å². The van der Waals surface area contributed by atoms with Crippen LogP contribution in [0.25, 0.3) is 10.9 Å². The Morgan fingerprint density at radius 2 is 1.83 bits per heavy atom. The molecular formula is C21H21N3O4S. The monoisotopic (exact) mass is 411 g/mol. The van der Waals surface area contributed by atoms with Gasteiger partial charge in [0, 0.05) is 0 Å². The third-order valence-corrected chi connectivity index (χ3v) is 5.33. The van der Waals surface area contributed by atoms with E-state index < -0.39 is 5.97 Å². The summed E-state index contributed by atoms with van der Waals surface area (Å²) in [5, 5.41) is 3.62. The van der Waals surface area contributed by atoms with Crippen LogP contribution in [0, 0.1) is 0 Å². The van der Waals surface area contributed by atoms with E-state index in [0.717, 1.165) is 17.3 Å². The van der Waals surface area contributed by atoms with E-state index >= 15 is 0 Å². The molecule has 8 heteroatoms. The lowest BCUT2D eigenvalue weighted by Crippen LogP contribution is -2.30. The maximum atomic E-state index is 12.8. The van der Waals surface area contributed by atoms with Gasteiger partial charge in [0.05, 0.1) is 29.8 Å². The summed E-state index contributed by atoms with van der Waals surface area (Å²) in [5.41, 5.74) is 1.16. The molecule has 3 rings (SSSR count). The van der Waals surface area contributed by atoms with E-state index in [-0.39, 0.29) is 29.8 Å². The first-order valence-electron chi connectivity index (χ1n) is 9.03. The summed E-state index contributed by atoms with van der Waals surface area (Å²) in [6.07, 6.45) is 0. The summed E-state index contributed by atoms with van der Waals surface area (Å²) >= 11 is 1.11. The van der Waals surface area contributed by atoms with E-state index in [4.69, 9.17) is 0 Å². The molecule has 0 saturated carbocycles. The zero-order valence-electron chi connectivity index (χ0n) is 16.1. The number of para-hydroxylation sites is 1. The SMILES string of the molecule is COC(=O)Cn1c(SCC(=O)N[C@@H](C)c2ccccc2)nc2ccccc2c1=O. The summed E-state index contributed by atoms with van der Waals surface area (Å²) in [5.74, 6) is -0.699. The predicted molar refractivity (Wildman–Crippen MR) is 112 cm³/mol. The zero-order chi connectivity index (χ0) is 20.8. The number of hydrogen-bond acceptors (Lipinski definition) is 6. The van der Waals surface area contributed by atoms with Gasteiger partial charge in [-0.3, -0.25) is 19.0 Å². The number of esters is 1. The molecule has 3 aromatic rings. The number of ether oxygens (including phenoxy) is 1. The molecule has 0 radical (unpaired) electrons. The predicted octanol–water partition coefficient (Wildman–Crippen LogP) is 2.54. The van der Waals surface area contributed by atoms with Gasteiger partial charge < -0.3 is 10.1 Å². The third-order valence-electron chi connectivity index (χ3n) is 4.35. The minimum absolute atomic E-state index is 0.0587. The van der Waals surface area contributed by atoms with Gasteiger partial charge in [-0.25, -0.2) is 4.98 Å². The van der Waals surface area contributed by atoms with Crippen molar-refractivity contribution in [1.82, 2.24) is 14.9 Å². The lowest BCUT2D eigenvalue weighted by molar-refractivity contribution is -0.141. The number of amides is 1. The maximum Gasteiger partial charge on any atom is 0.325 e. The highest BCUT2D eigenvalue weighted by Gasteiger charge is 2.16. The first-order valence-corrected chi connectivity index (χ1v) is 10.0. The zero-order valence-corrected chi connectivity index (χ0v) is 16.9. The topological polar surface area (TPSA) is 90.3 Å². The molecule has 0 aliphatic rings. The van der Waals surface area contributed by atoms with Crippen LogP contribution >= 0.6 is 11.8 Å². The van der Waals surface area contributed by atoms with Crippen molar-refractivity contribution in [3.8, 4) is 0 Å². The molecule has 2 aromatic carbocycles. The van der Waals surface area contributed by atoms with Gasteiger partial charge in [0.15, 0.2) is 5.16 Å². The van der Waals surface area contributed by atoms with Crippen LogP contribution in [-0.2, 0) is 20.9 Å². The maximum absolute atomic E-state index is 12.8. The van der Waals surface area contributed by atoms with E-state index in [0.29, 0.717) is 16.1 Å². The highest BCUT2D eigenvalue weighted by Crippen LogP contribution is 2.18. The second-order valence-electron chi connectivity index (χ2n) is 6.37. The quantitative estimate of drug-likeness (QED) is 0.365. The molecule has 0 unspecified atom stereocenters. The Hall–Kier alpha value is -3.13. The van der Waals surface area contributed by atoms with Gasteiger partial charge >= 0.3 is 5.97 Å². The number of rotatable bonds is 7. The van der Waals surface area contributed by atoms with Crippen LogP contribution in [0.15, 0.2) is 64.5 Å². The number of aromatic nitrogens is 2. The lowest BCUT2D eigenvalue weighted by atomic mass is 10.1. The summed E-state index contributed by atoms with van der Waals surface area (Å²) in [4.78, 5) is 41.4. The number of carbonyl (C=O) groups excluding carboxylic acids is 2. The van der Waals surface area contributed by atoms with E-state index in [1.165, 1.54) is 11.7 Å². The average Bonchev–Trinajstić information content (AvgIpc) is 2.75. The number of nitrogens with zero attached hydrogens (tertiary/aromatic N) is 2.